The molecule has 0 aliphatic heterocycles. The van der Waals surface area contributed by atoms with Crippen LogP contribution in [0.15, 0.2) is 48.5 Å². The van der Waals surface area contributed by atoms with Gasteiger partial charge >= 0.3 is 0 Å². The highest BCUT2D eigenvalue weighted by molar-refractivity contribution is 5.82. The SMILES string of the molecule is COc1ccc(CCCNC(=O)C(N)c2ccccc2)cc1OC. The fraction of sp³-hybridized carbons (Fsp3) is 0.316. The van der Waals surface area contributed by atoms with Gasteiger partial charge < -0.3 is 20.5 Å². The topological polar surface area (TPSA) is 73.6 Å². The molecule has 2 rings (SSSR count). The summed E-state index contributed by atoms with van der Waals surface area (Å²) in [6.45, 7) is 0.577. The molecule has 5 nitrogen and oxygen atoms in total. The first kappa shape index (κ1) is 17.8. The maximum Gasteiger partial charge on any atom is 0.241 e. The molecule has 1 unspecified atom stereocenters. The van der Waals surface area contributed by atoms with E-state index in [1.807, 2.05) is 48.5 Å². The van der Waals surface area contributed by atoms with Crippen molar-refractivity contribution in [2.24, 2.45) is 5.73 Å². The third-order valence-electron chi connectivity index (χ3n) is 3.83. The minimum Gasteiger partial charge on any atom is -0.493 e. The quantitative estimate of drug-likeness (QED) is 0.730. The van der Waals surface area contributed by atoms with Crippen molar-refractivity contribution in [1.82, 2.24) is 5.32 Å². The number of nitrogens with two attached hydrogens (primary N) is 1. The highest BCUT2D eigenvalue weighted by atomic mass is 16.5. The lowest BCUT2D eigenvalue weighted by atomic mass is 10.1. The van der Waals surface area contributed by atoms with Crippen molar-refractivity contribution in [2.75, 3.05) is 20.8 Å². The van der Waals surface area contributed by atoms with Gasteiger partial charge in [-0.2, -0.15) is 0 Å². The molecular formula is C19H24N2O3. The number of amides is 1. The first-order valence-electron chi connectivity index (χ1n) is 7.95. The van der Waals surface area contributed by atoms with Gasteiger partial charge in [0.2, 0.25) is 5.91 Å². The van der Waals surface area contributed by atoms with Gasteiger partial charge in [-0.3, -0.25) is 4.79 Å². The standard InChI is InChI=1S/C19H24N2O3/c1-23-16-11-10-14(13-17(16)24-2)7-6-12-21-19(22)18(20)15-8-4-3-5-9-15/h3-5,8-11,13,18H,6-7,12,20H2,1-2H3,(H,21,22). The van der Waals surface area contributed by atoms with E-state index in [9.17, 15) is 4.79 Å². The van der Waals surface area contributed by atoms with Gasteiger partial charge in [-0.15, -0.1) is 0 Å². The van der Waals surface area contributed by atoms with Crippen molar-refractivity contribution < 1.29 is 14.3 Å². The number of rotatable bonds is 8. The summed E-state index contributed by atoms with van der Waals surface area (Å²) in [7, 11) is 3.23. The number of aryl methyl sites for hydroxylation is 1. The Kier molecular flexibility index (Phi) is 6.63. The Morgan fingerprint density at radius 2 is 1.79 bits per heavy atom. The van der Waals surface area contributed by atoms with Crippen molar-refractivity contribution >= 4 is 5.91 Å². The molecule has 3 N–H and O–H groups in total. The van der Waals surface area contributed by atoms with Gasteiger partial charge in [0, 0.05) is 6.54 Å². The Balaban J connectivity index is 1.79. The number of hydrogen-bond acceptors (Lipinski definition) is 4. The summed E-state index contributed by atoms with van der Waals surface area (Å²) in [5, 5.41) is 2.88. The van der Waals surface area contributed by atoms with E-state index < -0.39 is 6.04 Å². The zero-order chi connectivity index (χ0) is 17.4. The summed E-state index contributed by atoms with van der Waals surface area (Å²) in [4.78, 5) is 12.1. The molecule has 0 fully saturated rings. The summed E-state index contributed by atoms with van der Waals surface area (Å²) in [6, 6.07) is 14.6. The predicted molar refractivity (Wildman–Crippen MR) is 94.2 cm³/mol. The molecule has 1 amide bonds. The highest BCUT2D eigenvalue weighted by Crippen LogP contribution is 2.27. The number of benzene rings is 2. The van der Waals surface area contributed by atoms with Crippen molar-refractivity contribution in [3.05, 3.63) is 59.7 Å². The van der Waals surface area contributed by atoms with Gasteiger partial charge in [0.05, 0.1) is 14.2 Å². The zero-order valence-corrected chi connectivity index (χ0v) is 14.1. The van der Waals surface area contributed by atoms with Crippen LogP contribution in [0.2, 0.25) is 0 Å². The molecule has 0 aliphatic carbocycles. The zero-order valence-electron chi connectivity index (χ0n) is 14.1. The van der Waals surface area contributed by atoms with Crippen molar-refractivity contribution in [1.29, 1.82) is 0 Å². The average molecular weight is 328 g/mol. The van der Waals surface area contributed by atoms with Gasteiger partial charge in [0.15, 0.2) is 11.5 Å². The number of ether oxygens (including phenoxy) is 2. The van der Waals surface area contributed by atoms with Crippen LogP contribution in [-0.4, -0.2) is 26.7 Å². The maximum absolute atomic E-state index is 12.1. The molecule has 24 heavy (non-hydrogen) atoms. The van der Waals surface area contributed by atoms with Crippen molar-refractivity contribution in [3.63, 3.8) is 0 Å². The predicted octanol–water partition coefficient (Wildman–Crippen LogP) is 2.45. The van der Waals surface area contributed by atoms with Gasteiger partial charge in [-0.1, -0.05) is 36.4 Å². The lowest BCUT2D eigenvalue weighted by Gasteiger charge is -2.13. The normalized spacial score (nSPS) is 11.6. The van der Waals surface area contributed by atoms with Crippen LogP contribution in [0, 0.1) is 0 Å². The van der Waals surface area contributed by atoms with E-state index in [1.165, 1.54) is 0 Å². The lowest BCUT2D eigenvalue weighted by molar-refractivity contribution is -0.122. The highest BCUT2D eigenvalue weighted by Gasteiger charge is 2.14. The van der Waals surface area contributed by atoms with Gasteiger partial charge in [0.1, 0.15) is 6.04 Å². The molecule has 2 aromatic rings. The Labute approximate surface area is 142 Å². The Morgan fingerprint density at radius 3 is 2.46 bits per heavy atom. The first-order valence-corrected chi connectivity index (χ1v) is 7.95. The molecule has 2 aromatic carbocycles. The molecule has 128 valence electrons. The largest absolute Gasteiger partial charge is 0.493 e. The second-order valence-corrected chi connectivity index (χ2v) is 5.47. The molecule has 0 aliphatic rings. The fourth-order valence-electron chi connectivity index (χ4n) is 2.46. The average Bonchev–Trinajstić information content (AvgIpc) is 2.64. The minimum atomic E-state index is -0.632. The lowest BCUT2D eigenvalue weighted by Crippen LogP contribution is -2.34. The Hall–Kier alpha value is -2.53. The smallest absolute Gasteiger partial charge is 0.241 e. The summed E-state index contributed by atoms with van der Waals surface area (Å²) in [6.07, 6.45) is 1.66. The van der Waals surface area contributed by atoms with E-state index in [-0.39, 0.29) is 5.91 Å². The number of nitrogens with one attached hydrogen (secondary N) is 1. The summed E-state index contributed by atoms with van der Waals surface area (Å²) < 4.78 is 10.5. The Morgan fingerprint density at radius 1 is 1.08 bits per heavy atom. The molecule has 0 heterocycles. The molecule has 0 aromatic heterocycles. The van der Waals surface area contributed by atoms with E-state index in [1.54, 1.807) is 14.2 Å². The first-order chi connectivity index (χ1) is 11.7. The van der Waals surface area contributed by atoms with Crippen molar-refractivity contribution in [2.45, 2.75) is 18.9 Å². The van der Waals surface area contributed by atoms with Crippen LogP contribution in [0.5, 0.6) is 11.5 Å². The number of hydrogen-bond donors (Lipinski definition) is 2. The fourth-order valence-corrected chi connectivity index (χ4v) is 2.46. The molecular weight excluding hydrogens is 304 g/mol. The maximum atomic E-state index is 12.1. The summed E-state index contributed by atoms with van der Waals surface area (Å²) >= 11 is 0. The van der Waals surface area contributed by atoms with E-state index >= 15 is 0 Å². The van der Waals surface area contributed by atoms with Crippen LogP contribution in [0.1, 0.15) is 23.6 Å². The molecule has 0 bridgehead atoms. The summed E-state index contributed by atoms with van der Waals surface area (Å²) in [5.74, 6) is 1.27. The molecule has 5 heteroatoms. The van der Waals surface area contributed by atoms with Crippen LogP contribution in [-0.2, 0) is 11.2 Å². The minimum absolute atomic E-state index is 0.159. The van der Waals surface area contributed by atoms with E-state index in [0.717, 1.165) is 24.0 Å². The Bertz CT molecular complexity index is 659. The molecule has 0 spiro atoms. The van der Waals surface area contributed by atoms with Gasteiger partial charge in [-0.05, 0) is 36.1 Å². The van der Waals surface area contributed by atoms with Crippen LogP contribution in [0.3, 0.4) is 0 Å². The second kappa shape index (κ2) is 8.93. The van der Waals surface area contributed by atoms with Gasteiger partial charge in [-0.25, -0.2) is 0 Å². The second-order valence-electron chi connectivity index (χ2n) is 5.47. The molecule has 0 saturated carbocycles. The van der Waals surface area contributed by atoms with E-state index in [0.29, 0.717) is 18.0 Å². The van der Waals surface area contributed by atoms with Crippen LogP contribution >= 0.6 is 0 Å². The van der Waals surface area contributed by atoms with Gasteiger partial charge in [0.25, 0.3) is 0 Å². The third-order valence-corrected chi connectivity index (χ3v) is 3.83. The summed E-state index contributed by atoms with van der Waals surface area (Å²) in [5.41, 5.74) is 7.91. The van der Waals surface area contributed by atoms with Crippen LogP contribution in [0.25, 0.3) is 0 Å². The number of carbonyl (C=O) groups excluding carboxylic acids is 1. The molecule has 0 saturated heterocycles. The monoisotopic (exact) mass is 328 g/mol. The van der Waals surface area contributed by atoms with Crippen LogP contribution in [0.4, 0.5) is 0 Å². The molecule has 1 atom stereocenters. The van der Waals surface area contributed by atoms with Crippen LogP contribution < -0.4 is 20.5 Å². The third kappa shape index (κ3) is 4.73. The number of methoxy groups -OCH3 is 2. The van der Waals surface area contributed by atoms with E-state index in [2.05, 4.69) is 5.32 Å². The van der Waals surface area contributed by atoms with E-state index in [4.69, 9.17) is 15.2 Å². The molecule has 0 radical (unpaired) electrons. The number of carbonyl (C=O) groups is 1. The van der Waals surface area contributed by atoms with Crippen molar-refractivity contribution in [3.8, 4) is 11.5 Å².